The van der Waals surface area contributed by atoms with Crippen molar-refractivity contribution in [3.63, 3.8) is 0 Å². The van der Waals surface area contributed by atoms with Gasteiger partial charge in [-0.1, -0.05) is 0 Å². The Morgan fingerprint density at radius 3 is 2.68 bits per heavy atom. The van der Waals surface area contributed by atoms with Crippen LogP contribution in [0.3, 0.4) is 0 Å². The number of hydrogen-bond donors (Lipinski definition) is 1. The van der Waals surface area contributed by atoms with Crippen LogP contribution < -0.4 is 14.8 Å². The first-order chi connectivity index (χ1) is 13.5. The molecule has 0 amide bonds. The average molecular weight is 391 g/mol. The zero-order valence-corrected chi connectivity index (χ0v) is 15.3. The maximum atomic E-state index is 13.2. The molecule has 2 aromatic carbocycles. The highest BCUT2D eigenvalue weighted by molar-refractivity contribution is 6.04. The summed E-state index contributed by atoms with van der Waals surface area (Å²) in [4.78, 5) is 6.71. The number of methoxy groups -OCH3 is 1. The normalized spacial score (nSPS) is 16.9. The van der Waals surface area contributed by atoms with Crippen LogP contribution in [0, 0.1) is 0 Å². The summed E-state index contributed by atoms with van der Waals surface area (Å²) in [6.45, 7) is 3.11. The first-order valence-electron chi connectivity index (χ1n) is 9.07. The van der Waals surface area contributed by atoms with Crippen LogP contribution in [0.25, 0.3) is 0 Å². The predicted octanol–water partition coefficient (Wildman–Crippen LogP) is 4.19. The van der Waals surface area contributed by atoms with Crippen LogP contribution in [-0.4, -0.2) is 44.0 Å². The van der Waals surface area contributed by atoms with E-state index in [2.05, 4.69) is 15.2 Å². The molecule has 2 aromatic rings. The largest absolute Gasteiger partial charge is 0.497 e. The van der Waals surface area contributed by atoms with E-state index in [0.717, 1.165) is 38.2 Å². The lowest BCUT2D eigenvalue weighted by Gasteiger charge is -2.24. The molecule has 2 aliphatic rings. The van der Waals surface area contributed by atoms with Gasteiger partial charge in [-0.25, -0.2) is 4.99 Å². The summed E-state index contributed by atoms with van der Waals surface area (Å²) < 4.78 is 50.9. The summed E-state index contributed by atoms with van der Waals surface area (Å²) in [5, 5.41) is 3.33. The number of nitrogens with zero attached hydrogens (tertiary/aromatic N) is 2. The van der Waals surface area contributed by atoms with Crippen LogP contribution in [0.5, 0.6) is 17.2 Å². The lowest BCUT2D eigenvalue weighted by atomic mass is 10.1. The molecule has 1 saturated heterocycles. The second-order valence-electron chi connectivity index (χ2n) is 6.67. The van der Waals surface area contributed by atoms with Gasteiger partial charge in [0.1, 0.15) is 23.0 Å². The molecule has 0 bridgehead atoms. The lowest BCUT2D eigenvalue weighted by Crippen LogP contribution is -2.34. The van der Waals surface area contributed by atoms with Crippen molar-refractivity contribution in [2.24, 2.45) is 4.99 Å². The van der Waals surface area contributed by atoms with Crippen molar-refractivity contribution in [3.05, 3.63) is 47.5 Å². The highest BCUT2D eigenvalue weighted by atomic mass is 19.4. The van der Waals surface area contributed by atoms with Gasteiger partial charge in [-0.2, -0.15) is 13.2 Å². The van der Waals surface area contributed by atoms with Crippen molar-refractivity contribution < 1.29 is 22.6 Å². The third kappa shape index (κ3) is 3.64. The Hall–Kier alpha value is -2.74. The minimum atomic E-state index is -4.44. The van der Waals surface area contributed by atoms with Crippen LogP contribution in [-0.2, 0) is 6.18 Å². The smallest absolute Gasteiger partial charge is 0.416 e. The second kappa shape index (κ2) is 7.35. The van der Waals surface area contributed by atoms with Crippen LogP contribution in [0.2, 0.25) is 0 Å². The van der Waals surface area contributed by atoms with Gasteiger partial charge in [0.2, 0.25) is 0 Å². The van der Waals surface area contributed by atoms with Crippen molar-refractivity contribution in [1.29, 1.82) is 0 Å². The van der Waals surface area contributed by atoms with E-state index in [4.69, 9.17) is 9.47 Å². The number of amidine groups is 1. The maximum absolute atomic E-state index is 13.2. The molecule has 4 rings (SSSR count). The Bertz CT molecular complexity index is 904. The van der Waals surface area contributed by atoms with Gasteiger partial charge in [0.15, 0.2) is 5.75 Å². The fourth-order valence-corrected chi connectivity index (χ4v) is 3.36. The van der Waals surface area contributed by atoms with Crippen molar-refractivity contribution in [3.8, 4) is 17.2 Å². The summed E-state index contributed by atoms with van der Waals surface area (Å²) in [7, 11) is 1.57. The molecule has 0 unspecified atom stereocenters. The number of benzene rings is 2. The van der Waals surface area contributed by atoms with Crippen LogP contribution in [0.15, 0.2) is 41.4 Å². The van der Waals surface area contributed by atoms with E-state index in [-0.39, 0.29) is 5.69 Å². The Morgan fingerprint density at radius 2 is 1.89 bits per heavy atom. The highest BCUT2D eigenvalue weighted by Gasteiger charge is 2.32. The van der Waals surface area contributed by atoms with Crippen molar-refractivity contribution >= 4 is 11.5 Å². The fourth-order valence-electron chi connectivity index (χ4n) is 3.36. The third-order valence-corrected chi connectivity index (χ3v) is 4.80. The molecule has 0 saturated carbocycles. The zero-order valence-electron chi connectivity index (χ0n) is 15.3. The molecule has 1 N–H and O–H groups in total. The predicted molar refractivity (Wildman–Crippen MR) is 99.8 cm³/mol. The fraction of sp³-hybridized carbons (Fsp3) is 0.350. The molecule has 0 aliphatic carbocycles. The molecule has 8 heteroatoms. The van der Waals surface area contributed by atoms with Gasteiger partial charge in [0, 0.05) is 19.6 Å². The Morgan fingerprint density at radius 1 is 1.07 bits per heavy atom. The second-order valence-corrected chi connectivity index (χ2v) is 6.67. The summed E-state index contributed by atoms with van der Waals surface area (Å²) >= 11 is 0. The topological polar surface area (TPSA) is 46.1 Å². The van der Waals surface area contributed by atoms with Crippen LogP contribution >= 0.6 is 0 Å². The first-order valence-corrected chi connectivity index (χ1v) is 9.07. The van der Waals surface area contributed by atoms with E-state index >= 15 is 0 Å². The SMILES string of the molecule is COc1ccc2c(c1)C(N1CCCNCC1)=Nc1cc(C(F)(F)F)ccc1O2. The van der Waals surface area contributed by atoms with Gasteiger partial charge in [0.25, 0.3) is 0 Å². The minimum Gasteiger partial charge on any atom is -0.497 e. The third-order valence-electron chi connectivity index (χ3n) is 4.80. The number of fused-ring (bicyclic) bond motifs is 2. The van der Waals surface area contributed by atoms with Gasteiger partial charge in [0.05, 0.1) is 18.2 Å². The average Bonchev–Trinajstić information content (AvgIpc) is 3.03. The van der Waals surface area contributed by atoms with Crippen LogP contribution in [0.4, 0.5) is 18.9 Å². The number of nitrogens with one attached hydrogen (secondary N) is 1. The Balaban J connectivity index is 1.87. The quantitative estimate of drug-likeness (QED) is 0.792. The molecule has 2 aliphatic heterocycles. The van der Waals surface area contributed by atoms with E-state index < -0.39 is 11.7 Å². The van der Waals surface area contributed by atoms with Crippen molar-refractivity contribution in [1.82, 2.24) is 10.2 Å². The summed E-state index contributed by atoms with van der Waals surface area (Å²) in [5.74, 6) is 2.05. The van der Waals surface area contributed by atoms with Gasteiger partial charge in [-0.15, -0.1) is 0 Å². The highest BCUT2D eigenvalue weighted by Crippen LogP contribution is 2.42. The van der Waals surface area contributed by atoms with E-state index in [1.165, 1.54) is 6.07 Å². The molecule has 148 valence electrons. The summed E-state index contributed by atoms with van der Waals surface area (Å²) in [6, 6.07) is 8.70. The summed E-state index contributed by atoms with van der Waals surface area (Å²) in [5.41, 5.74) is 0.113. The number of halogens is 3. The zero-order chi connectivity index (χ0) is 19.7. The van der Waals surface area contributed by atoms with Gasteiger partial charge < -0.3 is 19.7 Å². The number of alkyl halides is 3. The number of ether oxygens (including phenoxy) is 2. The number of hydrogen-bond acceptors (Lipinski definition) is 5. The molecular weight excluding hydrogens is 371 g/mol. The maximum Gasteiger partial charge on any atom is 0.416 e. The molecule has 28 heavy (non-hydrogen) atoms. The number of rotatable bonds is 1. The van der Waals surface area contributed by atoms with E-state index in [0.29, 0.717) is 35.2 Å². The molecule has 0 radical (unpaired) electrons. The van der Waals surface area contributed by atoms with Gasteiger partial charge in [-0.3, -0.25) is 0 Å². The summed E-state index contributed by atoms with van der Waals surface area (Å²) in [6.07, 6.45) is -3.53. The molecular formula is C20H20F3N3O2. The van der Waals surface area contributed by atoms with E-state index in [1.54, 1.807) is 19.2 Å². The van der Waals surface area contributed by atoms with E-state index in [1.807, 2.05) is 6.07 Å². The molecule has 1 fully saturated rings. The molecule has 0 atom stereocenters. The minimum absolute atomic E-state index is 0.164. The van der Waals surface area contributed by atoms with E-state index in [9.17, 15) is 13.2 Å². The first kappa shape index (κ1) is 18.6. The van der Waals surface area contributed by atoms with Crippen LogP contribution in [0.1, 0.15) is 17.5 Å². The molecule has 0 spiro atoms. The Labute approximate surface area is 160 Å². The standard InChI is InChI=1S/C20H20F3N3O2/c1-27-14-4-6-17-15(12-14)19(26-9-2-7-24-8-10-26)25-16-11-13(20(21,22)23)3-5-18(16)28-17/h3-6,11-12,24H,2,7-10H2,1H3. The van der Waals surface area contributed by atoms with Crippen molar-refractivity contribution in [2.75, 3.05) is 33.3 Å². The monoisotopic (exact) mass is 391 g/mol. The number of aliphatic imine (C=N–C) groups is 1. The van der Waals surface area contributed by atoms with Gasteiger partial charge in [-0.05, 0) is 49.4 Å². The molecule has 5 nitrogen and oxygen atoms in total. The van der Waals surface area contributed by atoms with Crippen molar-refractivity contribution in [2.45, 2.75) is 12.6 Å². The van der Waals surface area contributed by atoms with Gasteiger partial charge >= 0.3 is 6.18 Å². The Kier molecular flexibility index (Phi) is 4.89. The molecule has 0 aromatic heterocycles. The lowest BCUT2D eigenvalue weighted by molar-refractivity contribution is -0.137. The molecule has 2 heterocycles.